The highest BCUT2D eigenvalue weighted by molar-refractivity contribution is 5.75. The maximum atomic E-state index is 11.5. The summed E-state index contributed by atoms with van der Waals surface area (Å²) in [6, 6.07) is 0. The van der Waals surface area contributed by atoms with E-state index in [9.17, 15) is 4.79 Å². The van der Waals surface area contributed by atoms with Crippen LogP contribution in [0.1, 0.15) is 33.1 Å². The first-order valence-corrected chi connectivity index (χ1v) is 5.92. The molecule has 0 aliphatic rings. The Morgan fingerprint density at radius 2 is 2.06 bits per heavy atom. The van der Waals surface area contributed by atoms with Gasteiger partial charge in [-0.15, -0.1) is 0 Å². The number of carbonyl (C=O) groups excluding carboxylic acids is 1. The Labute approximate surface area is 99.1 Å². The zero-order valence-electron chi connectivity index (χ0n) is 11.1. The molecule has 0 aromatic heterocycles. The zero-order valence-corrected chi connectivity index (χ0v) is 11.1. The summed E-state index contributed by atoms with van der Waals surface area (Å²) in [4.78, 5) is 11.5. The molecule has 4 heteroatoms. The van der Waals surface area contributed by atoms with Crippen molar-refractivity contribution in [1.82, 2.24) is 10.6 Å². The van der Waals surface area contributed by atoms with Crippen LogP contribution in [0.5, 0.6) is 0 Å². The molecule has 0 rings (SSSR count). The van der Waals surface area contributed by atoms with Gasteiger partial charge in [0.15, 0.2) is 0 Å². The van der Waals surface area contributed by atoms with Crippen LogP contribution in [0.3, 0.4) is 0 Å². The first-order chi connectivity index (χ1) is 7.52. The normalized spacial score (nSPS) is 11.5. The van der Waals surface area contributed by atoms with Crippen LogP contribution < -0.4 is 10.6 Å². The minimum atomic E-state index is 0.106. The van der Waals surface area contributed by atoms with Crippen molar-refractivity contribution in [3.63, 3.8) is 0 Å². The number of hydrogen-bond donors (Lipinski definition) is 2. The van der Waals surface area contributed by atoms with Gasteiger partial charge in [-0.25, -0.2) is 0 Å². The SMILES string of the molecule is CNCCCC(=O)NCC(C)(C)CCOC. The number of methoxy groups -OCH3 is 1. The van der Waals surface area contributed by atoms with Crippen molar-refractivity contribution < 1.29 is 9.53 Å². The monoisotopic (exact) mass is 230 g/mol. The van der Waals surface area contributed by atoms with Crippen LogP contribution in [0.25, 0.3) is 0 Å². The highest BCUT2D eigenvalue weighted by Crippen LogP contribution is 2.18. The minimum absolute atomic E-state index is 0.106. The van der Waals surface area contributed by atoms with E-state index < -0.39 is 0 Å². The van der Waals surface area contributed by atoms with Crippen LogP contribution in [0.2, 0.25) is 0 Å². The van der Waals surface area contributed by atoms with E-state index in [-0.39, 0.29) is 11.3 Å². The Bertz CT molecular complexity index is 193. The number of ether oxygens (including phenoxy) is 1. The lowest BCUT2D eigenvalue weighted by molar-refractivity contribution is -0.121. The molecule has 96 valence electrons. The molecule has 1 amide bonds. The van der Waals surface area contributed by atoms with Gasteiger partial charge in [0, 0.05) is 26.7 Å². The van der Waals surface area contributed by atoms with Gasteiger partial charge in [-0.2, -0.15) is 0 Å². The fourth-order valence-corrected chi connectivity index (χ4v) is 1.32. The van der Waals surface area contributed by atoms with Crippen LogP contribution in [0.15, 0.2) is 0 Å². The fourth-order valence-electron chi connectivity index (χ4n) is 1.32. The molecule has 0 atom stereocenters. The van der Waals surface area contributed by atoms with Gasteiger partial charge in [0.05, 0.1) is 0 Å². The van der Waals surface area contributed by atoms with Crippen molar-refractivity contribution in [2.24, 2.45) is 5.41 Å². The summed E-state index contributed by atoms with van der Waals surface area (Å²) in [5.41, 5.74) is 0.106. The Balaban J connectivity index is 3.64. The molecule has 2 N–H and O–H groups in total. The summed E-state index contributed by atoms with van der Waals surface area (Å²) in [7, 11) is 3.60. The number of hydrogen-bond acceptors (Lipinski definition) is 3. The molecule has 4 nitrogen and oxygen atoms in total. The number of carbonyl (C=O) groups is 1. The van der Waals surface area contributed by atoms with E-state index in [0.29, 0.717) is 6.42 Å². The van der Waals surface area contributed by atoms with E-state index in [0.717, 1.165) is 32.5 Å². The molecule has 16 heavy (non-hydrogen) atoms. The van der Waals surface area contributed by atoms with Crippen molar-refractivity contribution in [1.29, 1.82) is 0 Å². The number of amides is 1. The second kappa shape index (κ2) is 8.53. The molecule has 0 fully saturated rings. The molecule has 0 aromatic rings. The lowest BCUT2D eigenvalue weighted by atomic mass is 9.89. The fraction of sp³-hybridized carbons (Fsp3) is 0.917. The zero-order chi connectivity index (χ0) is 12.4. The topological polar surface area (TPSA) is 50.4 Å². The smallest absolute Gasteiger partial charge is 0.220 e. The van der Waals surface area contributed by atoms with Gasteiger partial charge in [-0.05, 0) is 31.8 Å². The van der Waals surface area contributed by atoms with Gasteiger partial charge in [-0.1, -0.05) is 13.8 Å². The molecular formula is C12H26N2O2. The quantitative estimate of drug-likeness (QED) is 0.585. The van der Waals surface area contributed by atoms with Crippen LogP contribution >= 0.6 is 0 Å². The van der Waals surface area contributed by atoms with E-state index in [2.05, 4.69) is 24.5 Å². The molecule has 0 unspecified atom stereocenters. The molecule has 0 saturated carbocycles. The summed E-state index contributed by atoms with van der Waals surface area (Å²) in [5, 5.41) is 6.00. The third-order valence-corrected chi connectivity index (χ3v) is 2.58. The summed E-state index contributed by atoms with van der Waals surface area (Å²) in [5.74, 6) is 0.140. The van der Waals surface area contributed by atoms with Gasteiger partial charge in [-0.3, -0.25) is 4.79 Å². The Morgan fingerprint density at radius 3 is 2.62 bits per heavy atom. The third kappa shape index (κ3) is 8.68. The Hall–Kier alpha value is -0.610. The van der Waals surface area contributed by atoms with Gasteiger partial charge in [0.2, 0.25) is 5.91 Å². The molecule has 0 aromatic carbocycles. The van der Waals surface area contributed by atoms with E-state index in [1.807, 2.05) is 7.05 Å². The van der Waals surface area contributed by atoms with Crippen LogP contribution in [0.4, 0.5) is 0 Å². The highest BCUT2D eigenvalue weighted by Gasteiger charge is 2.18. The van der Waals surface area contributed by atoms with Crippen LogP contribution in [-0.2, 0) is 9.53 Å². The van der Waals surface area contributed by atoms with Crippen molar-refractivity contribution in [3.8, 4) is 0 Å². The maximum Gasteiger partial charge on any atom is 0.220 e. The lowest BCUT2D eigenvalue weighted by Crippen LogP contribution is -2.34. The van der Waals surface area contributed by atoms with E-state index in [4.69, 9.17) is 4.74 Å². The molecule has 0 spiro atoms. The lowest BCUT2D eigenvalue weighted by Gasteiger charge is -2.24. The average molecular weight is 230 g/mol. The predicted octanol–water partition coefficient (Wildman–Crippen LogP) is 1.16. The van der Waals surface area contributed by atoms with Gasteiger partial charge in [0.1, 0.15) is 0 Å². The summed E-state index contributed by atoms with van der Waals surface area (Å²) < 4.78 is 5.04. The molecule has 0 radical (unpaired) electrons. The van der Waals surface area contributed by atoms with Crippen LogP contribution in [0, 0.1) is 5.41 Å². The molecular weight excluding hydrogens is 204 g/mol. The van der Waals surface area contributed by atoms with E-state index in [1.54, 1.807) is 7.11 Å². The predicted molar refractivity (Wildman–Crippen MR) is 66.4 cm³/mol. The first kappa shape index (κ1) is 15.4. The summed E-state index contributed by atoms with van der Waals surface area (Å²) in [6.07, 6.45) is 2.45. The second-order valence-corrected chi connectivity index (χ2v) is 4.89. The van der Waals surface area contributed by atoms with Crippen molar-refractivity contribution in [2.75, 3.05) is 33.9 Å². The molecule has 0 saturated heterocycles. The standard InChI is InChI=1S/C12H26N2O2/c1-12(2,7-9-16-4)10-14-11(15)6-5-8-13-3/h13H,5-10H2,1-4H3,(H,14,15). The first-order valence-electron chi connectivity index (χ1n) is 5.92. The highest BCUT2D eigenvalue weighted by atomic mass is 16.5. The van der Waals surface area contributed by atoms with Crippen LogP contribution in [-0.4, -0.2) is 39.8 Å². The summed E-state index contributed by atoms with van der Waals surface area (Å²) in [6.45, 7) is 6.62. The largest absolute Gasteiger partial charge is 0.385 e. The van der Waals surface area contributed by atoms with Gasteiger partial charge >= 0.3 is 0 Å². The van der Waals surface area contributed by atoms with Gasteiger partial charge < -0.3 is 15.4 Å². The van der Waals surface area contributed by atoms with Crippen molar-refractivity contribution in [3.05, 3.63) is 0 Å². The third-order valence-electron chi connectivity index (χ3n) is 2.58. The number of nitrogens with one attached hydrogen (secondary N) is 2. The molecule has 0 heterocycles. The Morgan fingerprint density at radius 1 is 1.38 bits per heavy atom. The Kier molecular flexibility index (Phi) is 8.21. The van der Waals surface area contributed by atoms with Crippen molar-refractivity contribution >= 4 is 5.91 Å². The molecule has 0 aliphatic carbocycles. The number of rotatable bonds is 9. The maximum absolute atomic E-state index is 11.5. The summed E-state index contributed by atoms with van der Waals surface area (Å²) >= 11 is 0. The average Bonchev–Trinajstić information content (AvgIpc) is 2.24. The van der Waals surface area contributed by atoms with Gasteiger partial charge in [0.25, 0.3) is 0 Å². The minimum Gasteiger partial charge on any atom is -0.385 e. The molecule has 0 bridgehead atoms. The van der Waals surface area contributed by atoms with E-state index >= 15 is 0 Å². The van der Waals surface area contributed by atoms with Crippen molar-refractivity contribution in [2.45, 2.75) is 33.1 Å². The molecule has 0 aliphatic heterocycles. The van der Waals surface area contributed by atoms with E-state index in [1.165, 1.54) is 0 Å². The second-order valence-electron chi connectivity index (χ2n) is 4.89.